The van der Waals surface area contributed by atoms with Crippen LogP contribution in [-0.4, -0.2) is 139 Å². The molecule has 0 saturated heterocycles. The second-order valence-electron chi connectivity index (χ2n) is 26.7. The lowest BCUT2D eigenvalue weighted by Gasteiger charge is -2.19. The minimum atomic E-state index is -0.848. The van der Waals surface area contributed by atoms with Crippen molar-refractivity contribution in [3.8, 4) is 46.0 Å². The van der Waals surface area contributed by atoms with E-state index in [1.54, 1.807) is 125 Å². The summed E-state index contributed by atoms with van der Waals surface area (Å²) in [6.45, 7) is 13.3. The van der Waals surface area contributed by atoms with Crippen LogP contribution in [0.15, 0.2) is 151 Å². The summed E-state index contributed by atoms with van der Waals surface area (Å²) in [6, 6.07) is 40.2. The molecule has 0 heterocycles. The van der Waals surface area contributed by atoms with Gasteiger partial charge in [0.15, 0.2) is 11.5 Å². The van der Waals surface area contributed by atoms with E-state index in [0.717, 1.165) is 73.1 Å². The molecule has 25 nitrogen and oxygen atoms in total. The molecule has 36 heteroatoms. The zero-order valence-corrected chi connectivity index (χ0v) is 88.0. The first kappa shape index (κ1) is 108. The maximum atomic E-state index is 12.6. The van der Waals surface area contributed by atoms with E-state index in [1.165, 1.54) is 27.7 Å². The fraction of sp³-hybridized carbons (Fsp3) is 0.307. The molecule has 0 fully saturated rings. The Balaban J connectivity index is 0.000000295. The molecule has 0 spiro atoms. The van der Waals surface area contributed by atoms with Crippen molar-refractivity contribution >= 4 is 292 Å². The van der Waals surface area contributed by atoms with Crippen LogP contribution in [0.3, 0.4) is 0 Å². The number of thiocarbonyl (C=S) groups is 3. The average molecular weight is 2650 g/mol. The summed E-state index contributed by atoms with van der Waals surface area (Å²) in [5.74, 6) is -0.799. The van der Waals surface area contributed by atoms with E-state index in [1.807, 2.05) is 48.5 Å². The highest BCUT2D eigenvalue weighted by molar-refractivity contribution is 14.1. The lowest BCUT2D eigenvalue weighted by Crippen LogP contribution is -2.43. The Morgan fingerprint density at radius 3 is 0.952 bits per heavy atom. The van der Waals surface area contributed by atoms with Gasteiger partial charge in [-0.1, -0.05) is 85.2 Å². The van der Waals surface area contributed by atoms with Crippen molar-refractivity contribution in [2.24, 2.45) is 4.99 Å². The molecule has 8 aromatic rings. The van der Waals surface area contributed by atoms with E-state index >= 15 is 0 Å². The van der Waals surface area contributed by atoms with Crippen LogP contribution in [0.1, 0.15) is 126 Å². The summed E-state index contributed by atoms with van der Waals surface area (Å²) >= 11 is 33.2. The second kappa shape index (κ2) is 56.8. The Kier molecular flexibility index (Phi) is 49.5. The monoisotopic (exact) mass is 2650 g/mol. The molecule has 0 radical (unpaired) electrons. The number of carbonyl (C=O) groups excluding carboxylic acids is 9. The van der Waals surface area contributed by atoms with Gasteiger partial charge < -0.3 is 74.3 Å². The predicted molar refractivity (Wildman–Crippen MR) is 551 cm³/mol. The summed E-state index contributed by atoms with van der Waals surface area (Å²) < 4.78 is 47.6. The fourth-order valence-corrected chi connectivity index (χ4v) is 19.8. The number of aromatic hydroxyl groups is 4. The van der Waals surface area contributed by atoms with Gasteiger partial charge in [-0.25, -0.2) is 24.2 Å². The number of hydrogen-bond donors (Lipinski definition) is 7. The highest BCUT2D eigenvalue weighted by atomic mass is 127. The maximum absolute atomic E-state index is 12.6. The number of phenols is 4. The second-order valence-corrected chi connectivity index (χ2v) is 37.4. The Bertz CT molecular complexity index is 4850. The van der Waals surface area contributed by atoms with Gasteiger partial charge in [-0.2, -0.15) is 0 Å². The Labute approximate surface area is 845 Å². The third kappa shape index (κ3) is 40.5. The number of aryl methyl sites for hydroxylation is 4. The van der Waals surface area contributed by atoms with Crippen LogP contribution in [0.25, 0.3) is 0 Å². The van der Waals surface area contributed by atoms with Gasteiger partial charge in [-0.05, 0) is 376 Å². The number of amides is 1. The molecule has 8 aromatic carbocycles. The lowest BCUT2D eigenvalue weighted by molar-refractivity contribution is -0.147. The van der Waals surface area contributed by atoms with Crippen molar-refractivity contribution in [3.63, 3.8) is 0 Å². The number of hydrogen-bond acceptors (Lipinski definition) is 24. The summed E-state index contributed by atoms with van der Waals surface area (Å²) in [6.07, 6.45) is 5.54. The van der Waals surface area contributed by atoms with E-state index in [0.29, 0.717) is 108 Å². The number of nitrogens with one attached hydrogen (secondary N) is 3. The van der Waals surface area contributed by atoms with Gasteiger partial charge in [0.05, 0.1) is 65.0 Å². The van der Waals surface area contributed by atoms with Gasteiger partial charge in [-0.3, -0.25) is 24.0 Å². The Morgan fingerprint density at radius 1 is 0.355 bits per heavy atom. The predicted octanol–water partition coefficient (Wildman–Crippen LogP) is 17.9. The van der Waals surface area contributed by atoms with Crippen molar-refractivity contribution in [3.05, 3.63) is 219 Å². The molecule has 0 aromatic heterocycles. The van der Waals surface area contributed by atoms with E-state index in [9.17, 15) is 63.6 Å². The minimum absolute atomic E-state index is 0.159. The summed E-state index contributed by atoms with van der Waals surface area (Å²) in [5, 5.41) is 47.6. The Morgan fingerprint density at radius 2 is 0.637 bits per heavy atom. The van der Waals surface area contributed by atoms with E-state index in [-0.39, 0.29) is 85.9 Å². The highest BCUT2D eigenvalue weighted by Crippen LogP contribution is 2.33. The highest BCUT2D eigenvalue weighted by Gasteiger charge is 2.27. The number of aliphatic imine (C=N–C) groups is 1. The zero-order valence-electron chi connectivity index (χ0n) is 68.3. The van der Waals surface area contributed by atoms with Crippen LogP contribution < -0.4 is 34.9 Å². The van der Waals surface area contributed by atoms with Crippen LogP contribution >= 0.6 is 217 Å². The van der Waals surface area contributed by atoms with Crippen molar-refractivity contribution in [1.29, 1.82) is 0 Å². The molecular weight excluding hydrogens is 2560 g/mol. The molecule has 0 aliphatic heterocycles. The van der Waals surface area contributed by atoms with Crippen LogP contribution in [0.2, 0.25) is 0 Å². The standard InChI is InChI=1S/C24H25I2NO7.C24H25I2NO6S.C20H21I2NO4S.C20H19I2NO4S/c1-4-32-24(31)21(13-16-5-8-18(9-6-16)33-14(2)28)27-22(30)10-7-17-11-19(25)23(20(26)12-17)34-15(3)29;1-4-31-24(30)21(13-16-5-8-18(9-6-16)32-14(2)28)27-22(34)10-7-17-11-19(25)23(20(26)12-17)33-15(3)29;2*1-2-27-20(26)17(11-12-3-6-14(24)7-4-12)23-18(28)8-5-13-9-15(21)19(25)16(22)10-13/h5-6,8-9,11-12,21H,4,7,10,13H2,1-3H3,(H,27,30);5-6,8-9,11-12,21H,4,7,10,13H2,1-3H3,(H,27,34);3-4,6-7,9-10,17,24-25H,2,5,8,11H2,1H3,(H,23,28);3-4,6-7,9-10,24-25H,2,5,8,11H2,1H3. The van der Waals surface area contributed by atoms with Crippen LogP contribution in [0, 0.1) is 28.6 Å². The Hall–Kier alpha value is -6.43. The number of esters is 8. The van der Waals surface area contributed by atoms with Crippen molar-refractivity contribution < 1.29 is 101 Å². The maximum Gasteiger partial charge on any atom is 0.353 e. The van der Waals surface area contributed by atoms with Crippen LogP contribution in [0.5, 0.6) is 46.0 Å². The smallest absolute Gasteiger partial charge is 0.353 e. The first-order valence-electron chi connectivity index (χ1n) is 38.2. The number of nitrogens with zero attached hydrogens (tertiary/aromatic N) is 1. The average Bonchev–Trinajstić information content (AvgIpc) is 0.831. The van der Waals surface area contributed by atoms with Gasteiger partial charge in [0.1, 0.15) is 63.3 Å². The molecule has 0 aliphatic rings. The molecule has 0 saturated carbocycles. The topological polar surface area (TPSA) is 357 Å². The molecule has 0 aliphatic carbocycles. The summed E-state index contributed by atoms with van der Waals surface area (Å²) in [7, 11) is 0. The minimum Gasteiger partial charge on any atom is -0.508 e. The largest absolute Gasteiger partial charge is 0.508 e. The molecule has 662 valence electrons. The van der Waals surface area contributed by atoms with E-state index in [2.05, 4.69) is 202 Å². The van der Waals surface area contributed by atoms with Gasteiger partial charge in [0.2, 0.25) is 5.91 Å². The number of halogens is 8. The van der Waals surface area contributed by atoms with Crippen molar-refractivity contribution in [2.75, 3.05) is 26.4 Å². The molecule has 1 amide bonds. The summed E-state index contributed by atoms with van der Waals surface area (Å²) in [4.78, 5) is 113. The van der Waals surface area contributed by atoms with Crippen molar-refractivity contribution in [2.45, 2.75) is 151 Å². The third-order valence-corrected chi connectivity index (χ3v) is 24.2. The number of rotatable bonds is 35. The number of benzene rings is 8. The molecule has 0 bridgehead atoms. The molecule has 3 atom stereocenters. The van der Waals surface area contributed by atoms with Gasteiger partial charge >= 0.3 is 47.8 Å². The normalized spacial score (nSPS) is 11.4. The third-order valence-electron chi connectivity index (χ3n) is 16.7. The number of carbonyl (C=O) groups is 9. The van der Waals surface area contributed by atoms with Gasteiger partial charge in [0, 0.05) is 79.1 Å². The SMILES string of the molecule is CCOC(=O)C(Cc1ccc(O)cc1)=NC(=S)CCc1cc(I)c(O)c(I)c1.CCOC(=O)C(Cc1ccc(O)cc1)NC(=S)CCc1cc(I)c(O)c(I)c1.CCOC(=O)C(Cc1ccc(OC(C)=O)cc1)NC(=O)CCc1cc(I)c(OC(C)=O)c(I)c1.CCOC(=O)C(Cc1ccc(OC(C)=O)cc1)NC(=S)CCc1cc(I)c(OC(C)=O)c(I)c1. The molecule has 3 unspecified atom stereocenters. The quantitative estimate of drug-likeness (QED) is 0.00484. The first-order chi connectivity index (χ1) is 58.8. The first-order valence-corrected chi connectivity index (χ1v) is 48.0. The summed E-state index contributed by atoms with van der Waals surface area (Å²) in [5.41, 5.74) is 7.68. The lowest BCUT2D eigenvalue weighted by atomic mass is 10.0. The zero-order chi connectivity index (χ0) is 91.9. The molecular formula is C88H90I8N4O21S3. The van der Waals surface area contributed by atoms with Gasteiger partial charge in [0.25, 0.3) is 0 Å². The molecule has 124 heavy (non-hydrogen) atoms. The number of phenolic OH excluding ortho intramolecular Hbond substituents is 4. The molecule has 8 rings (SSSR count). The fourth-order valence-electron chi connectivity index (χ4n) is 11.1. The van der Waals surface area contributed by atoms with E-state index in [4.69, 9.17) is 74.5 Å². The van der Waals surface area contributed by atoms with Crippen LogP contribution in [0.4, 0.5) is 0 Å². The number of ether oxygens (including phenoxy) is 8. The molecule has 7 N–H and O–H groups in total. The van der Waals surface area contributed by atoms with Crippen LogP contribution in [-0.2, 0) is 113 Å². The van der Waals surface area contributed by atoms with E-state index < -0.39 is 48.0 Å². The van der Waals surface area contributed by atoms with Crippen molar-refractivity contribution in [1.82, 2.24) is 16.0 Å². The van der Waals surface area contributed by atoms with Gasteiger partial charge in [-0.15, -0.1) is 0 Å².